The lowest BCUT2D eigenvalue weighted by molar-refractivity contribution is -0.179. The molecule has 17 heteroatoms. The summed E-state index contributed by atoms with van der Waals surface area (Å²) >= 11 is 0. The fourth-order valence-electron chi connectivity index (χ4n) is 12.0. The lowest BCUT2D eigenvalue weighted by atomic mass is 9.64. The van der Waals surface area contributed by atoms with Gasteiger partial charge in [-0.3, -0.25) is 19.3 Å². The number of aromatic nitrogens is 5. The maximum atomic E-state index is 17.0. The van der Waals surface area contributed by atoms with Crippen molar-refractivity contribution in [2.24, 2.45) is 5.92 Å². The molecule has 8 aromatic rings. The maximum Gasteiger partial charge on any atom is 0.329 e. The molecular weight excluding hydrogens is 985 g/mol. The van der Waals surface area contributed by atoms with Crippen LogP contribution in [0.1, 0.15) is 64.5 Å². The monoisotopic (exact) mass is 1040 g/mol. The molecule has 17 nitrogen and oxygen atoms in total. The molecule has 3 saturated heterocycles. The first-order valence-electron chi connectivity index (χ1n) is 26.1. The minimum Gasteiger partial charge on any atom is -0.491 e. The highest BCUT2D eigenvalue weighted by Gasteiger charge is 2.76. The normalized spacial score (nSPS) is 22.1. The summed E-state index contributed by atoms with van der Waals surface area (Å²) < 4.78 is 14.5. The topological polar surface area (TPSA) is 188 Å². The molecule has 6 aromatic carbocycles. The van der Waals surface area contributed by atoms with Gasteiger partial charge in [0.2, 0.25) is 17.8 Å². The van der Waals surface area contributed by atoms with Gasteiger partial charge < -0.3 is 29.7 Å². The Hall–Kier alpha value is -9.24. The average molecular weight is 1040 g/mol. The number of aliphatic hydroxyl groups is 1. The molecule has 2 aromatic heterocycles. The second-order valence-corrected chi connectivity index (χ2v) is 19.8. The minimum atomic E-state index is -2.04. The van der Waals surface area contributed by atoms with Crippen LogP contribution in [0.2, 0.25) is 0 Å². The van der Waals surface area contributed by atoms with E-state index >= 15 is 19.2 Å². The zero-order valence-corrected chi connectivity index (χ0v) is 42.6. The van der Waals surface area contributed by atoms with Crippen LogP contribution in [-0.4, -0.2) is 109 Å². The van der Waals surface area contributed by atoms with E-state index in [1.165, 1.54) is 0 Å². The number of benzene rings is 6. The van der Waals surface area contributed by atoms with Gasteiger partial charge in [-0.15, -0.1) is 5.10 Å². The second kappa shape index (κ2) is 21.1. The number of fused-ring (bicyclic) bond motifs is 4. The molecule has 2 N–H and O–H groups in total. The fraction of sp³-hybridized carbons (Fsp3) is 0.246. The third-order valence-corrected chi connectivity index (χ3v) is 15.4. The van der Waals surface area contributed by atoms with Crippen LogP contribution < -0.4 is 19.9 Å². The van der Waals surface area contributed by atoms with Crippen LogP contribution in [0.5, 0.6) is 5.75 Å². The maximum absolute atomic E-state index is 17.0. The Bertz CT molecular complexity index is 3590. The third-order valence-electron chi connectivity index (χ3n) is 15.4. The van der Waals surface area contributed by atoms with Crippen molar-refractivity contribution < 1.29 is 33.8 Å². The van der Waals surface area contributed by atoms with E-state index in [2.05, 4.69) is 37.4 Å². The molecule has 12 rings (SSSR count). The van der Waals surface area contributed by atoms with E-state index in [0.29, 0.717) is 47.0 Å². The highest BCUT2D eigenvalue weighted by Crippen LogP contribution is 2.66. The van der Waals surface area contributed by atoms with E-state index in [-0.39, 0.29) is 38.5 Å². The van der Waals surface area contributed by atoms with Crippen LogP contribution in [0, 0.1) is 17.8 Å². The number of amides is 4. The molecule has 0 aliphatic carbocycles. The summed E-state index contributed by atoms with van der Waals surface area (Å²) in [6.07, 6.45) is 2.41. The minimum absolute atomic E-state index is 0.0243. The number of urea groups is 1. The number of esters is 1. The van der Waals surface area contributed by atoms with Gasteiger partial charge in [0.25, 0.3) is 0 Å². The molecule has 1 spiro atoms. The molecular formula is C61H54N10O7. The van der Waals surface area contributed by atoms with Crippen molar-refractivity contribution >= 4 is 46.5 Å². The first kappa shape index (κ1) is 49.6. The number of anilines is 2. The van der Waals surface area contributed by atoms with E-state index in [1.54, 1.807) is 64.4 Å². The SMILES string of the molecule is CC(NC(=O)N1C(=O)C2(c3cc(C#CCn4nnc5ccccc54)ccc31)C(C(=O)N1CCN(c3ncccn3)CC1)C1C(=O)OC(c3ccccc3)C(c3ccccc3)N1C2c1cccc(OCCO)c1)c1ccccc1. The van der Waals surface area contributed by atoms with Gasteiger partial charge >= 0.3 is 12.0 Å². The molecule has 390 valence electrons. The fourth-order valence-corrected chi connectivity index (χ4v) is 12.0. The van der Waals surface area contributed by atoms with Crippen molar-refractivity contribution in [1.29, 1.82) is 0 Å². The summed E-state index contributed by atoms with van der Waals surface area (Å²) in [6.45, 7) is 2.87. The molecule has 4 aliphatic heterocycles. The molecule has 0 bridgehead atoms. The Labute approximate surface area is 450 Å². The molecule has 7 unspecified atom stereocenters. The number of cyclic esters (lactones) is 1. The van der Waals surface area contributed by atoms with Crippen molar-refractivity contribution in [3.63, 3.8) is 0 Å². The Balaban J connectivity index is 1.10. The van der Waals surface area contributed by atoms with Gasteiger partial charge in [0.05, 0.1) is 41.9 Å². The van der Waals surface area contributed by atoms with Gasteiger partial charge in [0.15, 0.2) is 0 Å². The number of nitrogens with zero attached hydrogens (tertiary/aromatic N) is 9. The Kier molecular flexibility index (Phi) is 13.4. The lowest BCUT2D eigenvalue weighted by Crippen LogP contribution is -2.59. The quantitative estimate of drug-likeness (QED) is 0.0985. The largest absolute Gasteiger partial charge is 0.491 e. The number of rotatable bonds is 11. The number of para-hydroxylation sites is 1. The Morgan fingerprint density at radius 1 is 0.782 bits per heavy atom. The molecule has 0 saturated carbocycles. The smallest absolute Gasteiger partial charge is 0.329 e. The number of aliphatic hydroxyl groups excluding tert-OH is 1. The molecule has 3 fully saturated rings. The van der Waals surface area contributed by atoms with E-state index in [4.69, 9.17) is 9.47 Å². The van der Waals surface area contributed by atoms with Gasteiger partial charge in [-0.25, -0.2) is 24.3 Å². The van der Waals surface area contributed by atoms with Gasteiger partial charge in [-0.1, -0.05) is 132 Å². The zero-order chi connectivity index (χ0) is 53.3. The highest BCUT2D eigenvalue weighted by molar-refractivity contribution is 6.24. The average Bonchev–Trinajstić information content (AvgIpc) is 3.48. The number of carbonyl (C=O) groups excluding carboxylic acids is 4. The van der Waals surface area contributed by atoms with Crippen LogP contribution in [-0.2, 0) is 31.1 Å². The van der Waals surface area contributed by atoms with Crippen molar-refractivity contribution in [2.75, 3.05) is 49.2 Å². The van der Waals surface area contributed by atoms with Crippen LogP contribution in [0.15, 0.2) is 176 Å². The van der Waals surface area contributed by atoms with E-state index in [0.717, 1.165) is 27.1 Å². The number of morpholine rings is 1. The first-order valence-corrected chi connectivity index (χ1v) is 26.1. The number of nitrogens with one attached hydrogen (secondary N) is 1. The number of imide groups is 1. The van der Waals surface area contributed by atoms with Crippen LogP contribution >= 0.6 is 0 Å². The van der Waals surface area contributed by atoms with E-state index < -0.39 is 65.4 Å². The van der Waals surface area contributed by atoms with Crippen molar-refractivity contribution in [2.45, 2.75) is 49.2 Å². The Morgan fingerprint density at radius 3 is 2.22 bits per heavy atom. The molecule has 4 aliphatic rings. The van der Waals surface area contributed by atoms with Crippen molar-refractivity contribution in [3.8, 4) is 17.6 Å². The van der Waals surface area contributed by atoms with Crippen LogP contribution in [0.3, 0.4) is 0 Å². The van der Waals surface area contributed by atoms with Gasteiger partial charge in [0, 0.05) is 44.1 Å². The van der Waals surface area contributed by atoms with Gasteiger partial charge in [-0.2, -0.15) is 0 Å². The number of carbonyl (C=O) groups is 4. The molecule has 0 radical (unpaired) electrons. The summed E-state index contributed by atoms with van der Waals surface area (Å²) in [5.74, 6) is 4.10. The summed E-state index contributed by atoms with van der Waals surface area (Å²) in [6, 6.07) is 45.7. The third kappa shape index (κ3) is 8.74. The molecule has 6 heterocycles. The molecule has 7 atom stereocenters. The summed E-state index contributed by atoms with van der Waals surface area (Å²) in [4.78, 5) is 80.6. The first-order chi connectivity index (χ1) is 38.2. The van der Waals surface area contributed by atoms with Gasteiger partial charge in [0.1, 0.15) is 42.0 Å². The number of hydrogen-bond acceptors (Lipinski definition) is 13. The highest BCUT2D eigenvalue weighted by atomic mass is 16.6. The summed E-state index contributed by atoms with van der Waals surface area (Å²) in [7, 11) is 0. The zero-order valence-electron chi connectivity index (χ0n) is 42.6. The van der Waals surface area contributed by atoms with Crippen LogP contribution in [0.4, 0.5) is 16.4 Å². The predicted molar refractivity (Wildman–Crippen MR) is 290 cm³/mol. The summed E-state index contributed by atoms with van der Waals surface area (Å²) in [5.41, 5.74) is 3.33. The van der Waals surface area contributed by atoms with Crippen molar-refractivity contribution in [3.05, 3.63) is 210 Å². The second-order valence-electron chi connectivity index (χ2n) is 19.8. The number of piperazine rings is 1. The number of ether oxygens (including phenoxy) is 2. The predicted octanol–water partition coefficient (Wildman–Crippen LogP) is 7.13. The molecule has 4 amide bonds. The van der Waals surface area contributed by atoms with Gasteiger partial charge in [-0.05, 0) is 83.3 Å². The van der Waals surface area contributed by atoms with E-state index in [1.807, 2.05) is 138 Å². The number of hydrogen-bond donors (Lipinski definition) is 2. The lowest BCUT2D eigenvalue weighted by Gasteiger charge is -2.46. The summed E-state index contributed by atoms with van der Waals surface area (Å²) in [5, 5.41) is 21.7. The molecule has 78 heavy (non-hydrogen) atoms. The van der Waals surface area contributed by atoms with E-state index in [9.17, 15) is 5.11 Å². The van der Waals surface area contributed by atoms with Crippen molar-refractivity contribution in [1.82, 2.24) is 40.1 Å². The Morgan fingerprint density at radius 2 is 1.47 bits per heavy atom. The standard InChI is InChI=1S/C61H54N10O7/c1-40(42-17-5-2-6-18-42)64-60(76)70-49-28-27-41(16-14-31-69-50-26-12-11-25-48(50)65-66-69)38-47(49)61(58(70)75)51(56(73)67-32-34-68(35-33-67)59-62-29-15-30-63-59)53-57(74)78-54(44-21-9-4-10-22-44)52(43-19-7-3-8-20-43)71(53)55(61)45-23-13-24-46(39-45)77-37-36-72/h2-13,15,17-30,38-40,51-55,72H,31-37H2,1H3,(H,64,76). The van der Waals surface area contributed by atoms with Crippen LogP contribution in [0.25, 0.3) is 11.0 Å².